The summed E-state index contributed by atoms with van der Waals surface area (Å²) < 4.78 is 31.8. The van der Waals surface area contributed by atoms with E-state index in [1.807, 2.05) is 13.8 Å². The zero-order valence-corrected chi connectivity index (χ0v) is 10.0. The SMILES string of the molecule is CC1CC(Nc2ccc(F)cc2F)CC(C)O1. The largest absolute Gasteiger partial charge is 0.380 e. The van der Waals surface area contributed by atoms with E-state index < -0.39 is 11.6 Å². The molecule has 94 valence electrons. The molecule has 1 aliphatic heterocycles. The van der Waals surface area contributed by atoms with Crippen LogP contribution in [0.5, 0.6) is 0 Å². The summed E-state index contributed by atoms with van der Waals surface area (Å²) in [5.41, 5.74) is 0.359. The second-order valence-electron chi connectivity index (χ2n) is 4.69. The molecule has 0 radical (unpaired) electrons. The molecule has 0 saturated carbocycles. The minimum absolute atomic E-state index is 0.166. The summed E-state index contributed by atoms with van der Waals surface area (Å²) in [5, 5.41) is 3.12. The molecular formula is C13H17F2NO. The lowest BCUT2D eigenvalue weighted by atomic mass is 9.99. The Labute approximate surface area is 100.0 Å². The molecular weight excluding hydrogens is 224 g/mol. The van der Waals surface area contributed by atoms with Crippen LogP contribution in [-0.4, -0.2) is 18.2 Å². The van der Waals surface area contributed by atoms with Crippen LogP contribution in [0.25, 0.3) is 0 Å². The summed E-state index contributed by atoms with van der Waals surface area (Å²) in [6, 6.07) is 3.77. The molecule has 1 aromatic carbocycles. The van der Waals surface area contributed by atoms with Gasteiger partial charge in [0, 0.05) is 12.1 Å². The fraction of sp³-hybridized carbons (Fsp3) is 0.538. The summed E-state index contributed by atoms with van der Waals surface area (Å²) in [5.74, 6) is -1.10. The molecule has 0 amide bonds. The van der Waals surface area contributed by atoms with E-state index in [1.165, 1.54) is 12.1 Å². The van der Waals surface area contributed by atoms with Gasteiger partial charge in [-0.25, -0.2) is 8.78 Å². The third-order valence-electron chi connectivity index (χ3n) is 2.99. The van der Waals surface area contributed by atoms with Crippen LogP contribution in [-0.2, 0) is 4.74 Å². The number of rotatable bonds is 2. The van der Waals surface area contributed by atoms with Crippen LogP contribution < -0.4 is 5.32 Å². The van der Waals surface area contributed by atoms with Crippen molar-refractivity contribution in [3.05, 3.63) is 29.8 Å². The van der Waals surface area contributed by atoms with Crippen LogP contribution in [0.15, 0.2) is 18.2 Å². The Morgan fingerprint density at radius 3 is 2.41 bits per heavy atom. The monoisotopic (exact) mass is 241 g/mol. The number of benzene rings is 1. The van der Waals surface area contributed by atoms with Gasteiger partial charge in [0.25, 0.3) is 0 Å². The molecule has 0 bridgehead atoms. The number of halogens is 2. The number of hydrogen-bond donors (Lipinski definition) is 1. The Kier molecular flexibility index (Phi) is 3.62. The van der Waals surface area contributed by atoms with Gasteiger partial charge < -0.3 is 10.1 Å². The molecule has 1 fully saturated rings. The lowest BCUT2D eigenvalue weighted by molar-refractivity contribution is -0.0338. The first-order valence-electron chi connectivity index (χ1n) is 5.91. The molecule has 0 aromatic heterocycles. The van der Waals surface area contributed by atoms with E-state index in [9.17, 15) is 8.78 Å². The van der Waals surface area contributed by atoms with Crippen LogP contribution in [0.1, 0.15) is 26.7 Å². The van der Waals surface area contributed by atoms with Crippen molar-refractivity contribution >= 4 is 5.69 Å². The van der Waals surface area contributed by atoms with Crippen molar-refractivity contribution in [2.24, 2.45) is 0 Å². The average molecular weight is 241 g/mol. The number of hydrogen-bond acceptors (Lipinski definition) is 2. The van der Waals surface area contributed by atoms with Gasteiger partial charge in [0.15, 0.2) is 0 Å². The Morgan fingerprint density at radius 1 is 1.18 bits per heavy atom. The molecule has 1 aliphatic rings. The predicted octanol–water partition coefficient (Wildman–Crippen LogP) is 3.33. The highest BCUT2D eigenvalue weighted by Crippen LogP contribution is 2.24. The molecule has 2 unspecified atom stereocenters. The zero-order valence-electron chi connectivity index (χ0n) is 10.0. The molecule has 2 nitrogen and oxygen atoms in total. The number of anilines is 1. The maximum Gasteiger partial charge on any atom is 0.149 e. The lowest BCUT2D eigenvalue weighted by Gasteiger charge is -2.33. The Balaban J connectivity index is 2.04. The first-order valence-corrected chi connectivity index (χ1v) is 5.91. The topological polar surface area (TPSA) is 21.3 Å². The fourth-order valence-corrected chi connectivity index (χ4v) is 2.35. The molecule has 2 atom stereocenters. The summed E-state index contributed by atoms with van der Waals surface area (Å²) in [4.78, 5) is 0. The molecule has 1 aromatic rings. The van der Waals surface area contributed by atoms with Gasteiger partial charge in [0.1, 0.15) is 11.6 Å². The molecule has 1 heterocycles. The second-order valence-corrected chi connectivity index (χ2v) is 4.69. The van der Waals surface area contributed by atoms with Crippen molar-refractivity contribution in [2.75, 3.05) is 5.32 Å². The Morgan fingerprint density at radius 2 is 1.82 bits per heavy atom. The quantitative estimate of drug-likeness (QED) is 0.857. The summed E-state index contributed by atoms with van der Waals surface area (Å²) in [7, 11) is 0. The normalized spacial score (nSPS) is 29.1. The molecule has 0 spiro atoms. The first-order chi connectivity index (χ1) is 8.04. The Hall–Kier alpha value is -1.16. The average Bonchev–Trinajstić information content (AvgIpc) is 2.21. The smallest absolute Gasteiger partial charge is 0.149 e. The van der Waals surface area contributed by atoms with Gasteiger partial charge in [-0.2, -0.15) is 0 Å². The highest BCUT2D eigenvalue weighted by Gasteiger charge is 2.24. The standard InChI is InChI=1S/C13H17F2NO/c1-8-5-11(6-9(2)17-8)16-13-4-3-10(14)7-12(13)15/h3-4,7-9,11,16H,5-6H2,1-2H3. The van der Waals surface area contributed by atoms with Crippen molar-refractivity contribution in [1.29, 1.82) is 0 Å². The first kappa shape index (κ1) is 12.3. The molecule has 1 saturated heterocycles. The van der Waals surface area contributed by atoms with Crippen LogP contribution in [0.2, 0.25) is 0 Å². The minimum Gasteiger partial charge on any atom is -0.380 e. The number of nitrogens with one attached hydrogen (secondary N) is 1. The van der Waals surface area contributed by atoms with Gasteiger partial charge in [-0.1, -0.05) is 0 Å². The van der Waals surface area contributed by atoms with Gasteiger partial charge >= 0.3 is 0 Å². The Bertz CT molecular complexity index is 387. The van der Waals surface area contributed by atoms with Gasteiger partial charge in [-0.15, -0.1) is 0 Å². The van der Waals surface area contributed by atoms with E-state index in [1.54, 1.807) is 0 Å². The van der Waals surface area contributed by atoms with Crippen LogP contribution in [0.3, 0.4) is 0 Å². The van der Waals surface area contributed by atoms with Crippen LogP contribution >= 0.6 is 0 Å². The van der Waals surface area contributed by atoms with Crippen LogP contribution in [0, 0.1) is 11.6 Å². The fourth-order valence-electron chi connectivity index (χ4n) is 2.35. The second kappa shape index (κ2) is 5.00. The number of ether oxygens (including phenoxy) is 1. The zero-order chi connectivity index (χ0) is 12.4. The third kappa shape index (κ3) is 3.16. The maximum absolute atomic E-state index is 13.5. The van der Waals surface area contributed by atoms with Crippen LogP contribution in [0.4, 0.5) is 14.5 Å². The maximum atomic E-state index is 13.5. The van der Waals surface area contributed by atoms with Gasteiger partial charge in [0.05, 0.1) is 17.9 Å². The van der Waals surface area contributed by atoms with E-state index in [-0.39, 0.29) is 18.2 Å². The summed E-state index contributed by atoms with van der Waals surface area (Å²) >= 11 is 0. The summed E-state index contributed by atoms with van der Waals surface area (Å²) in [6.45, 7) is 4.01. The summed E-state index contributed by atoms with van der Waals surface area (Å²) in [6.07, 6.45) is 2.00. The highest BCUT2D eigenvalue weighted by molar-refractivity contribution is 5.45. The predicted molar refractivity (Wildman–Crippen MR) is 63.0 cm³/mol. The van der Waals surface area contributed by atoms with Crippen molar-refractivity contribution < 1.29 is 13.5 Å². The van der Waals surface area contributed by atoms with E-state index >= 15 is 0 Å². The van der Waals surface area contributed by atoms with E-state index in [0.29, 0.717) is 5.69 Å². The van der Waals surface area contributed by atoms with E-state index in [4.69, 9.17) is 4.74 Å². The van der Waals surface area contributed by atoms with Gasteiger partial charge in [-0.05, 0) is 38.8 Å². The van der Waals surface area contributed by atoms with Gasteiger partial charge in [0.2, 0.25) is 0 Å². The molecule has 2 rings (SSSR count). The van der Waals surface area contributed by atoms with Crippen molar-refractivity contribution in [3.63, 3.8) is 0 Å². The molecule has 17 heavy (non-hydrogen) atoms. The molecule has 4 heteroatoms. The van der Waals surface area contributed by atoms with Gasteiger partial charge in [-0.3, -0.25) is 0 Å². The minimum atomic E-state index is -0.554. The third-order valence-corrected chi connectivity index (χ3v) is 2.99. The van der Waals surface area contributed by atoms with Crippen molar-refractivity contribution in [2.45, 2.75) is 44.9 Å². The highest BCUT2D eigenvalue weighted by atomic mass is 19.1. The van der Waals surface area contributed by atoms with Crippen molar-refractivity contribution in [1.82, 2.24) is 0 Å². The lowest BCUT2D eigenvalue weighted by Crippen LogP contribution is -2.37. The van der Waals surface area contributed by atoms with E-state index in [2.05, 4.69) is 5.32 Å². The molecule has 0 aliphatic carbocycles. The van der Waals surface area contributed by atoms with Crippen molar-refractivity contribution in [3.8, 4) is 0 Å². The molecule has 1 N–H and O–H groups in total. The van der Waals surface area contributed by atoms with E-state index in [0.717, 1.165) is 18.9 Å².